The highest BCUT2D eigenvalue weighted by molar-refractivity contribution is 6.05. The van der Waals surface area contributed by atoms with Gasteiger partial charge in [0.2, 0.25) is 0 Å². The third-order valence-corrected chi connectivity index (χ3v) is 4.08. The Labute approximate surface area is 122 Å². The lowest BCUT2D eigenvalue weighted by Gasteiger charge is -2.18. The molecule has 1 aliphatic rings. The molecule has 0 atom stereocenters. The van der Waals surface area contributed by atoms with Crippen LogP contribution in [-0.2, 0) is 27.1 Å². The first-order valence-corrected chi connectivity index (χ1v) is 7.06. The second-order valence-electron chi connectivity index (χ2n) is 5.48. The molecule has 7 heteroatoms. The van der Waals surface area contributed by atoms with Crippen molar-refractivity contribution in [3.05, 3.63) is 34.3 Å². The summed E-state index contributed by atoms with van der Waals surface area (Å²) in [4.78, 5) is 26.6. The van der Waals surface area contributed by atoms with Gasteiger partial charge in [0.05, 0.1) is 17.6 Å². The minimum Gasteiger partial charge on any atom is -0.307 e. The predicted octanol–water partition coefficient (Wildman–Crippen LogP) is 0.533. The molecule has 0 fully saturated rings. The Morgan fingerprint density at radius 1 is 1.33 bits per heavy atom. The molecule has 0 unspecified atom stereocenters. The van der Waals surface area contributed by atoms with E-state index in [1.165, 1.54) is 9.47 Å². The van der Waals surface area contributed by atoms with E-state index in [-0.39, 0.29) is 11.6 Å². The second-order valence-corrected chi connectivity index (χ2v) is 5.48. The van der Waals surface area contributed by atoms with Crippen molar-refractivity contribution in [1.29, 1.82) is 0 Å². The largest absolute Gasteiger partial charge is 0.328 e. The van der Waals surface area contributed by atoms with Gasteiger partial charge in [0.25, 0.3) is 5.91 Å². The molecule has 0 aliphatic carbocycles. The first-order valence-electron chi connectivity index (χ1n) is 7.06. The maximum absolute atomic E-state index is 12.8. The van der Waals surface area contributed by atoms with Crippen molar-refractivity contribution in [1.82, 2.24) is 18.9 Å². The number of imidazole rings is 1. The van der Waals surface area contributed by atoms with Crippen molar-refractivity contribution in [2.24, 2.45) is 14.1 Å². The number of nitrogens with zero attached hydrogens (tertiary/aromatic N) is 5. The van der Waals surface area contributed by atoms with Gasteiger partial charge in [-0.25, -0.2) is 4.79 Å². The number of aryl methyl sites for hydroxylation is 1. The van der Waals surface area contributed by atoms with Gasteiger partial charge >= 0.3 is 5.69 Å². The van der Waals surface area contributed by atoms with Crippen LogP contribution in [0.15, 0.2) is 17.2 Å². The van der Waals surface area contributed by atoms with Gasteiger partial charge in [0, 0.05) is 33.9 Å². The maximum Gasteiger partial charge on any atom is 0.328 e. The highest BCUT2D eigenvalue weighted by Gasteiger charge is 2.27. The van der Waals surface area contributed by atoms with Crippen LogP contribution in [0.4, 0.5) is 5.69 Å². The topological polar surface area (TPSA) is 65.1 Å². The van der Waals surface area contributed by atoms with Gasteiger partial charge in [-0.15, -0.1) is 0 Å². The van der Waals surface area contributed by atoms with Crippen molar-refractivity contribution in [3.8, 4) is 0 Å². The Hall–Kier alpha value is -2.31. The van der Waals surface area contributed by atoms with Crippen molar-refractivity contribution in [2.45, 2.75) is 25.8 Å². The van der Waals surface area contributed by atoms with Crippen LogP contribution in [0.5, 0.6) is 0 Å². The first kappa shape index (κ1) is 13.7. The fourth-order valence-electron chi connectivity index (χ4n) is 2.88. The number of fused-ring (bicyclic) bond motifs is 1. The van der Waals surface area contributed by atoms with E-state index in [2.05, 4.69) is 5.10 Å². The van der Waals surface area contributed by atoms with Gasteiger partial charge in [0.1, 0.15) is 5.69 Å². The zero-order chi connectivity index (χ0) is 15.1. The Morgan fingerprint density at radius 3 is 2.76 bits per heavy atom. The fraction of sp³-hybridized carbons (Fsp3) is 0.500. The Balaban J connectivity index is 2.04. The molecule has 7 nitrogen and oxygen atoms in total. The first-order chi connectivity index (χ1) is 10.0. The van der Waals surface area contributed by atoms with E-state index in [4.69, 9.17) is 0 Å². The van der Waals surface area contributed by atoms with Gasteiger partial charge in [-0.1, -0.05) is 0 Å². The summed E-state index contributed by atoms with van der Waals surface area (Å²) in [6.45, 7) is 0.700. The van der Waals surface area contributed by atoms with Crippen molar-refractivity contribution >= 4 is 11.6 Å². The molecule has 0 N–H and O–H groups in total. The molecule has 0 saturated heterocycles. The van der Waals surface area contributed by atoms with Crippen LogP contribution in [0.2, 0.25) is 0 Å². The van der Waals surface area contributed by atoms with E-state index >= 15 is 0 Å². The zero-order valence-electron chi connectivity index (χ0n) is 12.5. The van der Waals surface area contributed by atoms with Gasteiger partial charge in [-0.05, 0) is 19.3 Å². The number of carbonyl (C=O) groups excluding carboxylic acids is 1. The fourth-order valence-corrected chi connectivity index (χ4v) is 2.88. The quantitative estimate of drug-likeness (QED) is 0.810. The number of hydrogen-bond acceptors (Lipinski definition) is 3. The maximum atomic E-state index is 12.8. The molecule has 1 aliphatic heterocycles. The number of rotatable bonds is 2. The summed E-state index contributed by atoms with van der Waals surface area (Å²) < 4.78 is 4.84. The summed E-state index contributed by atoms with van der Waals surface area (Å²) in [7, 11) is 5.17. The molecule has 0 saturated carbocycles. The summed E-state index contributed by atoms with van der Waals surface area (Å²) in [5.41, 5.74) is 1.96. The smallest absolute Gasteiger partial charge is 0.307 e. The summed E-state index contributed by atoms with van der Waals surface area (Å²) in [6, 6.07) is 0. The molecule has 21 heavy (non-hydrogen) atoms. The molecule has 2 aromatic heterocycles. The molecule has 112 valence electrons. The van der Waals surface area contributed by atoms with Crippen LogP contribution in [0, 0.1) is 0 Å². The number of anilines is 1. The Kier molecular flexibility index (Phi) is 3.19. The van der Waals surface area contributed by atoms with E-state index in [0.717, 1.165) is 25.0 Å². The van der Waals surface area contributed by atoms with E-state index in [9.17, 15) is 9.59 Å². The lowest BCUT2D eigenvalue weighted by Crippen LogP contribution is -2.30. The third-order valence-electron chi connectivity index (χ3n) is 4.08. The third kappa shape index (κ3) is 2.09. The van der Waals surface area contributed by atoms with Crippen LogP contribution in [0.25, 0.3) is 0 Å². The number of aromatic nitrogens is 4. The van der Waals surface area contributed by atoms with Gasteiger partial charge < -0.3 is 4.90 Å². The average molecular weight is 289 g/mol. The molecule has 0 bridgehead atoms. The van der Waals surface area contributed by atoms with Crippen molar-refractivity contribution in [3.63, 3.8) is 0 Å². The summed E-state index contributed by atoms with van der Waals surface area (Å²) in [5.74, 6) is -0.168. The minimum absolute atomic E-state index is 0.104. The van der Waals surface area contributed by atoms with Gasteiger partial charge in [-0.3, -0.25) is 18.6 Å². The lowest BCUT2D eigenvalue weighted by atomic mass is 10.1. The minimum atomic E-state index is -0.168. The second kappa shape index (κ2) is 4.91. The SMILES string of the molecule is CN(C(=O)c1c2n(c(=O)n1C)CCCC2)c1cnn(C)c1. The van der Waals surface area contributed by atoms with Crippen LogP contribution in [0.1, 0.15) is 29.0 Å². The van der Waals surface area contributed by atoms with Crippen molar-refractivity contribution in [2.75, 3.05) is 11.9 Å². The van der Waals surface area contributed by atoms with Crippen LogP contribution in [0.3, 0.4) is 0 Å². The molecule has 3 heterocycles. The zero-order valence-corrected chi connectivity index (χ0v) is 12.5. The molecular formula is C14H19N5O2. The number of amides is 1. The lowest BCUT2D eigenvalue weighted by molar-refractivity contribution is 0.0983. The Morgan fingerprint density at radius 2 is 2.10 bits per heavy atom. The van der Waals surface area contributed by atoms with Crippen molar-refractivity contribution < 1.29 is 4.79 Å². The van der Waals surface area contributed by atoms with E-state index in [1.807, 2.05) is 0 Å². The summed E-state index contributed by atoms with van der Waals surface area (Å²) in [5, 5.41) is 4.08. The van der Waals surface area contributed by atoms with Crippen LogP contribution < -0.4 is 10.6 Å². The normalized spacial score (nSPS) is 14.0. The molecule has 3 rings (SSSR count). The Bertz CT molecular complexity index is 752. The molecule has 0 radical (unpaired) electrons. The van der Waals surface area contributed by atoms with Crippen LogP contribution >= 0.6 is 0 Å². The molecule has 1 amide bonds. The molecule has 2 aromatic rings. The number of carbonyl (C=O) groups is 1. The highest BCUT2D eigenvalue weighted by Crippen LogP contribution is 2.20. The predicted molar refractivity (Wildman–Crippen MR) is 78.6 cm³/mol. The van der Waals surface area contributed by atoms with Crippen LogP contribution in [-0.4, -0.2) is 31.9 Å². The monoisotopic (exact) mass is 289 g/mol. The van der Waals surface area contributed by atoms with E-state index in [1.54, 1.807) is 42.8 Å². The summed E-state index contributed by atoms with van der Waals surface area (Å²) in [6.07, 6.45) is 6.19. The number of hydrogen-bond donors (Lipinski definition) is 0. The summed E-state index contributed by atoms with van der Waals surface area (Å²) >= 11 is 0. The molecule has 0 spiro atoms. The van der Waals surface area contributed by atoms with E-state index < -0.39 is 0 Å². The van der Waals surface area contributed by atoms with E-state index in [0.29, 0.717) is 17.9 Å². The van der Waals surface area contributed by atoms with Gasteiger partial charge in [0.15, 0.2) is 0 Å². The van der Waals surface area contributed by atoms with Gasteiger partial charge in [-0.2, -0.15) is 5.10 Å². The molecule has 0 aromatic carbocycles. The highest BCUT2D eigenvalue weighted by atomic mass is 16.2. The standard InChI is InChI=1S/C14H19N5O2/c1-16-9-10(8-15-16)17(2)13(20)12-11-6-4-5-7-19(11)14(21)18(12)3/h8-9H,4-7H2,1-3H3. The molecular weight excluding hydrogens is 270 g/mol. The average Bonchev–Trinajstić information content (AvgIpc) is 3.02.